The van der Waals surface area contributed by atoms with E-state index in [9.17, 15) is 9.59 Å². The first-order valence-electron chi connectivity index (χ1n) is 7.02. The molecule has 3 aromatic rings. The van der Waals surface area contributed by atoms with Crippen molar-refractivity contribution in [1.82, 2.24) is 15.4 Å². The van der Waals surface area contributed by atoms with Gasteiger partial charge in [-0.2, -0.15) is 0 Å². The van der Waals surface area contributed by atoms with E-state index in [0.717, 1.165) is 16.9 Å². The van der Waals surface area contributed by atoms with E-state index >= 15 is 0 Å². The van der Waals surface area contributed by atoms with Crippen molar-refractivity contribution in [3.05, 3.63) is 42.1 Å². The molecular formula is C15H12N4O4S2. The lowest BCUT2D eigenvalue weighted by molar-refractivity contribution is -0.137. The van der Waals surface area contributed by atoms with Gasteiger partial charge in [-0.1, -0.05) is 58.6 Å². The molecule has 8 nitrogen and oxygen atoms in total. The Morgan fingerprint density at radius 2 is 2.08 bits per heavy atom. The average molecular weight is 376 g/mol. The highest BCUT2D eigenvalue weighted by molar-refractivity contribution is 8.01. The van der Waals surface area contributed by atoms with Gasteiger partial charge in [0, 0.05) is 11.6 Å². The second-order valence-electron chi connectivity index (χ2n) is 4.63. The fraction of sp³-hybridized carbons (Fsp3) is 0.133. The summed E-state index contributed by atoms with van der Waals surface area (Å²) in [5.41, 5.74) is 0.962. The lowest BCUT2D eigenvalue weighted by Gasteiger charge is -1.95. The number of carbonyl (C=O) groups excluding carboxylic acids is 2. The molecule has 128 valence electrons. The van der Waals surface area contributed by atoms with Gasteiger partial charge in [-0.15, -0.1) is 10.2 Å². The number of hydrogen-bond acceptors (Lipinski definition) is 9. The summed E-state index contributed by atoms with van der Waals surface area (Å²) in [4.78, 5) is 23.3. The number of benzene rings is 1. The van der Waals surface area contributed by atoms with Crippen LogP contribution in [0, 0.1) is 0 Å². The van der Waals surface area contributed by atoms with Crippen molar-refractivity contribution in [2.24, 2.45) is 0 Å². The summed E-state index contributed by atoms with van der Waals surface area (Å²) in [6, 6.07) is 10.9. The molecule has 25 heavy (non-hydrogen) atoms. The fourth-order valence-corrected chi connectivity index (χ4v) is 3.36. The maximum Gasteiger partial charge on any atom is 0.316 e. The van der Waals surface area contributed by atoms with Crippen LogP contribution in [0.15, 0.2) is 45.3 Å². The first-order chi connectivity index (χ1) is 12.2. The fourth-order valence-electron chi connectivity index (χ4n) is 1.78. The van der Waals surface area contributed by atoms with Crippen LogP contribution in [0.2, 0.25) is 0 Å². The van der Waals surface area contributed by atoms with E-state index < -0.39 is 5.91 Å². The zero-order chi connectivity index (χ0) is 17.6. The van der Waals surface area contributed by atoms with Crippen molar-refractivity contribution in [3.8, 4) is 11.3 Å². The second kappa shape index (κ2) is 7.90. The molecule has 3 rings (SSSR count). The number of methoxy groups -OCH3 is 1. The predicted octanol–water partition coefficient (Wildman–Crippen LogP) is 2.71. The molecule has 0 spiro atoms. The standard InChI is InChI=1S/C15H12N4O4S2/c1-22-12(20)8-24-15-18-17-14(25-15)16-13(21)10-7-11(23-19-10)9-5-3-2-4-6-9/h2-7H,8H2,1H3,(H,16,17,21). The van der Waals surface area contributed by atoms with Gasteiger partial charge in [0.2, 0.25) is 5.13 Å². The van der Waals surface area contributed by atoms with E-state index in [-0.39, 0.29) is 17.4 Å². The number of nitrogens with one attached hydrogen (secondary N) is 1. The highest BCUT2D eigenvalue weighted by Crippen LogP contribution is 2.26. The van der Waals surface area contributed by atoms with E-state index in [0.29, 0.717) is 15.2 Å². The minimum Gasteiger partial charge on any atom is -0.468 e. The van der Waals surface area contributed by atoms with Gasteiger partial charge in [-0.25, -0.2) is 0 Å². The molecule has 0 bridgehead atoms. The number of amides is 1. The summed E-state index contributed by atoms with van der Waals surface area (Å²) in [5.74, 6) is -0.186. The quantitative estimate of drug-likeness (QED) is 0.397. The molecule has 0 unspecified atom stereocenters. The smallest absolute Gasteiger partial charge is 0.316 e. The second-order valence-corrected chi connectivity index (χ2v) is 6.83. The highest BCUT2D eigenvalue weighted by atomic mass is 32.2. The molecule has 0 atom stereocenters. The van der Waals surface area contributed by atoms with Crippen molar-refractivity contribution in [2.45, 2.75) is 4.34 Å². The molecule has 0 radical (unpaired) electrons. The molecule has 1 amide bonds. The minimum atomic E-state index is -0.452. The Hall–Kier alpha value is -2.72. The molecule has 2 aromatic heterocycles. The van der Waals surface area contributed by atoms with E-state index in [4.69, 9.17) is 4.52 Å². The molecule has 0 aliphatic carbocycles. The molecule has 0 saturated heterocycles. The lowest BCUT2D eigenvalue weighted by Crippen LogP contribution is -2.11. The Morgan fingerprint density at radius 3 is 2.84 bits per heavy atom. The normalized spacial score (nSPS) is 10.4. The van der Waals surface area contributed by atoms with Gasteiger partial charge in [0.25, 0.3) is 5.91 Å². The van der Waals surface area contributed by atoms with Crippen molar-refractivity contribution in [1.29, 1.82) is 0 Å². The van der Waals surface area contributed by atoms with Gasteiger partial charge >= 0.3 is 5.97 Å². The number of anilines is 1. The van der Waals surface area contributed by atoms with E-state index in [1.807, 2.05) is 30.3 Å². The van der Waals surface area contributed by atoms with E-state index in [2.05, 4.69) is 25.4 Å². The molecule has 2 heterocycles. The van der Waals surface area contributed by atoms with Crippen LogP contribution in [-0.4, -0.2) is 40.1 Å². The zero-order valence-corrected chi connectivity index (χ0v) is 14.6. The van der Waals surface area contributed by atoms with E-state index in [1.165, 1.54) is 18.9 Å². The Morgan fingerprint density at radius 1 is 1.28 bits per heavy atom. The molecule has 1 N–H and O–H groups in total. The van der Waals surface area contributed by atoms with E-state index in [1.54, 1.807) is 6.07 Å². The molecule has 0 fully saturated rings. The maximum atomic E-state index is 12.2. The number of carbonyl (C=O) groups is 2. The number of hydrogen-bond donors (Lipinski definition) is 1. The Balaban J connectivity index is 1.62. The van der Waals surface area contributed by atoms with Crippen LogP contribution in [-0.2, 0) is 9.53 Å². The predicted molar refractivity (Wildman–Crippen MR) is 92.5 cm³/mol. The lowest BCUT2D eigenvalue weighted by atomic mass is 10.1. The van der Waals surface area contributed by atoms with Crippen molar-refractivity contribution >= 4 is 40.1 Å². The minimum absolute atomic E-state index is 0.128. The summed E-state index contributed by atoms with van der Waals surface area (Å²) in [6.07, 6.45) is 0. The molecule has 10 heteroatoms. The van der Waals surface area contributed by atoms with Crippen LogP contribution in [0.3, 0.4) is 0 Å². The van der Waals surface area contributed by atoms with Crippen LogP contribution in [0.4, 0.5) is 5.13 Å². The first-order valence-corrected chi connectivity index (χ1v) is 8.82. The van der Waals surface area contributed by atoms with Gasteiger partial charge in [0.1, 0.15) is 0 Å². The largest absolute Gasteiger partial charge is 0.468 e. The summed E-state index contributed by atoms with van der Waals surface area (Å²) >= 11 is 2.34. The van der Waals surface area contributed by atoms with Crippen molar-refractivity contribution < 1.29 is 18.8 Å². The number of thioether (sulfide) groups is 1. The van der Waals surface area contributed by atoms with Gasteiger partial charge in [0.05, 0.1) is 12.9 Å². The third-order valence-electron chi connectivity index (χ3n) is 2.97. The van der Waals surface area contributed by atoms with Crippen LogP contribution < -0.4 is 5.32 Å². The molecule has 0 aliphatic heterocycles. The summed E-state index contributed by atoms with van der Waals surface area (Å²) in [5, 5.41) is 14.4. The summed E-state index contributed by atoms with van der Waals surface area (Å²) in [6.45, 7) is 0. The Kier molecular flexibility index (Phi) is 5.41. The average Bonchev–Trinajstić information content (AvgIpc) is 3.30. The Bertz CT molecular complexity index is 879. The topological polar surface area (TPSA) is 107 Å². The van der Waals surface area contributed by atoms with Gasteiger partial charge in [-0.05, 0) is 0 Å². The van der Waals surface area contributed by atoms with Crippen molar-refractivity contribution in [3.63, 3.8) is 0 Å². The van der Waals surface area contributed by atoms with Crippen LogP contribution in [0.25, 0.3) is 11.3 Å². The number of esters is 1. The Labute approximate surface area is 150 Å². The molecular weight excluding hydrogens is 364 g/mol. The van der Waals surface area contributed by atoms with Crippen molar-refractivity contribution in [2.75, 3.05) is 18.2 Å². The van der Waals surface area contributed by atoms with Gasteiger partial charge < -0.3 is 9.26 Å². The number of rotatable bonds is 6. The third-order valence-corrected chi connectivity index (χ3v) is 4.91. The number of ether oxygens (including phenoxy) is 1. The third kappa shape index (κ3) is 4.43. The zero-order valence-electron chi connectivity index (χ0n) is 13.0. The number of aromatic nitrogens is 3. The maximum absolute atomic E-state index is 12.2. The summed E-state index contributed by atoms with van der Waals surface area (Å²) < 4.78 is 10.3. The monoisotopic (exact) mass is 376 g/mol. The molecule has 0 saturated carbocycles. The number of nitrogens with zero attached hydrogens (tertiary/aromatic N) is 3. The van der Waals surface area contributed by atoms with Gasteiger partial charge in [0.15, 0.2) is 15.8 Å². The highest BCUT2D eigenvalue weighted by Gasteiger charge is 2.16. The van der Waals surface area contributed by atoms with Crippen LogP contribution >= 0.6 is 23.1 Å². The summed E-state index contributed by atoms with van der Waals surface area (Å²) in [7, 11) is 1.32. The van der Waals surface area contributed by atoms with Crippen LogP contribution in [0.1, 0.15) is 10.5 Å². The SMILES string of the molecule is COC(=O)CSc1nnc(NC(=O)c2cc(-c3ccccc3)on2)s1. The molecule has 0 aliphatic rings. The molecule has 1 aromatic carbocycles. The first kappa shape index (κ1) is 17.1. The van der Waals surface area contributed by atoms with Crippen LogP contribution in [0.5, 0.6) is 0 Å². The van der Waals surface area contributed by atoms with Gasteiger partial charge in [-0.3, -0.25) is 14.9 Å².